The summed E-state index contributed by atoms with van der Waals surface area (Å²) in [7, 11) is 0. The smallest absolute Gasteiger partial charge is 0.00255 e. The van der Waals surface area contributed by atoms with E-state index >= 15 is 0 Å². The molecule has 0 aromatic carbocycles. The molecule has 9 heavy (non-hydrogen) atoms. The quantitative estimate of drug-likeness (QED) is 0.464. The summed E-state index contributed by atoms with van der Waals surface area (Å²) in [5.74, 6) is 1.60. The summed E-state index contributed by atoms with van der Waals surface area (Å²) in [6, 6.07) is 0. The molecular weight excluding hydrogens is 108 g/mol. The zero-order chi connectivity index (χ0) is 6.85. The molecule has 1 aliphatic carbocycles. The minimum Gasteiger partial charge on any atom is -0.0738 e. The van der Waals surface area contributed by atoms with Gasteiger partial charge in [-0.2, -0.15) is 0 Å². The van der Waals surface area contributed by atoms with Gasteiger partial charge in [0, 0.05) is 0 Å². The van der Waals surface area contributed by atoms with Gasteiger partial charge in [-0.3, -0.25) is 0 Å². The van der Waals surface area contributed by atoms with Gasteiger partial charge in [-0.05, 0) is 39.0 Å². The molecule has 0 heterocycles. The summed E-state index contributed by atoms with van der Waals surface area (Å²) in [6.07, 6.45) is 4.02. The van der Waals surface area contributed by atoms with Crippen molar-refractivity contribution in [3.8, 4) is 0 Å². The van der Waals surface area contributed by atoms with E-state index in [2.05, 4.69) is 20.8 Å². The number of rotatable bonds is 0. The van der Waals surface area contributed by atoms with Crippen molar-refractivity contribution < 1.29 is 0 Å². The second-order valence-electron chi connectivity index (χ2n) is 3.04. The molecule has 1 rings (SSSR count). The van der Waals surface area contributed by atoms with Gasteiger partial charge in [0.05, 0.1) is 0 Å². The second kappa shape index (κ2) is 2.55. The summed E-state index contributed by atoms with van der Waals surface area (Å²) >= 11 is 0. The van der Waals surface area contributed by atoms with Crippen LogP contribution in [0.4, 0.5) is 0 Å². The van der Waals surface area contributed by atoms with Crippen molar-refractivity contribution in [1.82, 2.24) is 0 Å². The molecule has 0 aliphatic heterocycles. The fraction of sp³-hybridized carbons (Fsp3) is 0.667. The van der Waals surface area contributed by atoms with Gasteiger partial charge in [-0.15, -0.1) is 0 Å². The Labute approximate surface area is 58.0 Å². The fourth-order valence-electron chi connectivity index (χ4n) is 1.36. The second-order valence-corrected chi connectivity index (χ2v) is 3.04. The third-order valence-electron chi connectivity index (χ3n) is 2.38. The molecule has 51 valence electrons. The van der Waals surface area contributed by atoms with Crippen LogP contribution in [0.5, 0.6) is 0 Å². The molecular formula is C9H15. The number of allylic oxidation sites excluding steroid dienone is 2. The predicted octanol–water partition coefficient (Wildman–Crippen LogP) is 3.10. The van der Waals surface area contributed by atoms with Crippen molar-refractivity contribution in [2.45, 2.75) is 40.0 Å². The van der Waals surface area contributed by atoms with Crippen LogP contribution in [0.2, 0.25) is 0 Å². The monoisotopic (exact) mass is 123 g/mol. The normalized spacial score (nSPS) is 23.0. The molecule has 0 atom stereocenters. The molecule has 0 nitrogen and oxygen atoms in total. The topological polar surface area (TPSA) is 0 Å². The average molecular weight is 123 g/mol. The van der Waals surface area contributed by atoms with Gasteiger partial charge in [-0.25, -0.2) is 0 Å². The molecule has 1 aliphatic rings. The maximum atomic E-state index is 2.25. The van der Waals surface area contributed by atoms with E-state index in [-0.39, 0.29) is 0 Å². The largest absolute Gasteiger partial charge is 0.0738 e. The molecule has 0 heteroatoms. The molecule has 0 saturated heterocycles. The summed E-state index contributed by atoms with van der Waals surface area (Å²) in [5, 5.41) is 0. The molecule has 0 aromatic heterocycles. The van der Waals surface area contributed by atoms with Crippen LogP contribution in [-0.2, 0) is 0 Å². The molecule has 0 amide bonds. The Balaban J connectivity index is 2.72. The lowest BCUT2D eigenvalue weighted by molar-refractivity contribution is 0.701. The summed E-state index contributed by atoms with van der Waals surface area (Å²) < 4.78 is 0. The highest BCUT2D eigenvalue weighted by molar-refractivity contribution is 5.28. The maximum Gasteiger partial charge on any atom is -0.00255 e. The molecule has 0 unspecified atom stereocenters. The number of hydrogen-bond acceptors (Lipinski definition) is 0. The zero-order valence-electron chi connectivity index (χ0n) is 6.62. The van der Waals surface area contributed by atoms with Crippen LogP contribution in [0.3, 0.4) is 0 Å². The summed E-state index contributed by atoms with van der Waals surface area (Å²) in [5.41, 5.74) is 3.15. The highest BCUT2D eigenvalue weighted by atomic mass is 14.2. The Morgan fingerprint density at radius 2 is 1.67 bits per heavy atom. The summed E-state index contributed by atoms with van der Waals surface area (Å²) in [6.45, 7) is 6.74. The van der Waals surface area contributed by atoms with Crippen LogP contribution in [0, 0.1) is 5.92 Å². The molecule has 0 saturated carbocycles. The van der Waals surface area contributed by atoms with Gasteiger partial charge in [-0.1, -0.05) is 18.1 Å². The third-order valence-corrected chi connectivity index (χ3v) is 2.38. The molecule has 0 aromatic rings. The summed E-state index contributed by atoms with van der Waals surface area (Å²) in [4.78, 5) is 0. The Bertz CT molecular complexity index is 131. The van der Waals surface area contributed by atoms with E-state index in [1.165, 1.54) is 19.3 Å². The van der Waals surface area contributed by atoms with E-state index in [1.807, 2.05) is 0 Å². The van der Waals surface area contributed by atoms with E-state index < -0.39 is 0 Å². The van der Waals surface area contributed by atoms with Crippen molar-refractivity contribution in [3.05, 3.63) is 17.1 Å². The SMILES string of the molecule is C[C]1CCCC(C)=C1C. The zero-order valence-corrected chi connectivity index (χ0v) is 6.62. The molecule has 0 spiro atoms. The van der Waals surface area contributed by atoms with E-state index in [1.54, 1.807) is 17.1 Å². The average Bonchev–Trinajstić information content (AvgIpc) is 1.83. The minimum absolute atomic E-state index is 1.32. The molecule has 0 N–H and O–H groups in total. The van der Waals surface area contributed by atoms with Gasteiger partial charge < -0.3 is 0 Å². The first-order valence-corrected chi connectivity index (χ1v) is 3.71. The van der Waals surface area contributed by atoms with E-state index in [0.29, 0.717) is 0 Å². The van der Waals surface area contributed by atoms with E-state index in [9.17, 15) is 0 Å². The van der Waals surface area contributed by atoms with Crippen molar-refractivity contribution in [3.63, 3.8) is 0 Å². The van der Waals surface area contributed by atoms with Gasteiger partial charge in [0.15, 0.2) is 0 Å². The van der Waals surface area contributed by atoms with Crippen LogP contribution in [0.25, 0.3) is 0 Å². The first-order chi connectivity index (χ1) is 4.22. The van der Waals surface area contributed by atoms with Crippen molar-refractivity contribution >= 4 is 0 Å². The highest BCUT2D eigenvalue weighted by Crippen LogP contribution is 2.30. The van der Waals surface area contributed by atoms with Crippen molar-refractivity contribution in [2.24, 2.45) is 0 Å². The van der Waals surface area contributed by atoms with Crippen LogP contribution in [-0.4, -0.2) is 0 Å². The lowest BCUT2D eigenvalue weighted by Gasteiger charge is -2.20. The first-order valence-electron chi connectivity index (χ1n) is 3.71. The Kier molecular flexibility index (Phi) is 1.94. The van der Waals surface area contributed by atoms with Gasteiger partial charge >= 0.3 is 0 Å². The maximum absolute atomic E-state index is 2.25. The predicted molar refractivity (Wildman–Crippen MR) is 41.1 cm³/mol. The van der Waals surface area contributed by atoms with Gasteiger partial charge in [0.2, 0.25) is 0 Å². The Morgan fingerprint density at radius 3 is 2.11 bits per heavy atom. The van der Waals surface area contributed by atoms with E-state index in [4.69, 9.17) is 0 Å². The van der Waals surface area contributed by atoms with Gasteiger partial charge in [0.25, 0.3) is 0 Å². The molecule has 0 fully saturated rings. The van der Waals surface area contributed by atoms with Crippen LogP contribution >= 0.6 is 0 Å². The molecule has 1 radical (unpaired) electrons. The fourth-order valence-corrected chi connectivity index (χ4v) is 1.36. The number of hydrogen-bond donors (Lipinski definition) is 0. The van der Waals surface area contributed by atoms with Crippen LogP contribution in [0.1, 0.15) is 40.0 Å². The minimum atomic E-state index is 1.32. The van der Waals surface area contributed by atoms with E-state index in [0.717, 1.165) is 0 Å². The van der Waals surface area contributed by atoms with Crippen molar-refractivity contribution in [2.75, 3.05) is 0 Å². The highest BCUT2D eigenvalue weighted by Gasteiger charge is 2.12. The lowest BCUT2D eigenvalue weighted by Crippen LogP contribution is -2.02. The Morgan fingerprint density at radius 1 is 1.00 bits per heavy atom. The van der Waals surface area contributed by atoms with Crippen LogP contribution < -0.4 is 0 Å². The van der Waals surface area contributed by atoms with Crippen LogP contribution in [0.15, 0.2) is 11.1 Å². The Hall–Kier alpha value is -0.260. The van der Waals surface area contributed by atoms with Gasteiger partial charge in [0.1, 0.15) is 0 Å². The lowest BCUT2D eigenvalue weighted by atomic mass is 9.86. The molecule has 0 bridgehead atoms. The first kappa shape index (κ1) is 6.85. The standard InChI is InChI=1S/C9H15/c1-7-5-4-6-8(2)9(7)3/h4-6H2,1-3H3. The third kappa shape index (κ3) is 1.35. The van der Waals surface area contributed by atoms with Crippen molar-refractivity contribution in [1.29, 1.82) is 0 Å².